The summed E-state index contributed by atoms with van der Waals surface area (Å²) in [5.41, 5.74) is 0. The topological polar surface area (TPSA) is 71.1 Å². The van der Waals surface area contributed by atoms with Gasteiger partial charge in [-0.25, -0.2) is 22.2 Å². The van der Waals surface area contributed by atoms with E-state index in [1.165, 1.54) is 0 Å². The van der Waals surface area contributed by atoms with Crippen molar-refractivity contribution >= 4 is 21.5 Å². The normalized spacial score (nSPS) is 11.4. The molecule has 1 aromatic heterocycles. The molecule has 20 heavy (non-hydrogen) atoms. The number of rotatable bonds is 8. The standard InChI is InChI=1S/C12H19F2N3O2S/c1-3-5-15-11-9(13)8-10(14)12(17-11)16-6-4-7-20(2,18)19/h8H,3-7H2,1-2H3,(H2,15,16,17). The molecule has 8 heteroatoms. The summed E-state index contributed by atoms with van der Waals surface area (Å²) in [6.07, 6.45) is 2.25. The van der Waals surface area contributed by atoms with Gasteiger partial charge in [0, 0.05) is 25.4 Å². The van der Waals surface area contributed by atoms with Crippen LogP contribution in [0.15, 0.2) is 6.07 Å². The molecular formula is C12H19F2N3O2S. The van der Waals surface area contributed by atoms with Gasteiger partial charge in [-0.2, -0.15) is 0 Å². The number of halogens is 2. The van der Waals surface area contributed by atoms with Gasteiger partial charge in [-0.3, -0.25) is 0 Å². The van der Waals surface area contributed by atoms with Crippen LogP contribution < -0.4 is 10.6 Å². The fraction of sp³-hybridized carbons (Fsp3) is 0.583. The second-order valence-corrected chi connectivity index (χ2v) is 6.75. The number of hydrogen-bond donors (Lipinski definition) is 2. The van der Waals surface area contributed by atoms with E-state index in [2.05, 4.69) is 15.6 Å². The molecule has 0 saturated carbocycles. The van der Waals surface area contributed by atoms with E-state index in [1.807, 2.05) is 6.92 Å². The molecule has 0 saturated heterocycles. The van der Waals surface area contributed by atoms with E-state index in [0.29, 0.717) is 13.0 Å². The van der Waals surface area contributed by atoms with Crippen LogP contribution in [0.25, 0.3) is 0 Å². The highest BCUT2D eigenvalue weighted by molar-refractivity contribution is 7.90. The molecule has 1 aromatic rings. The summed E-state index contributed by atoms with van der Waals surface area (Å²) in [7, 11) is -3.04. The predicted molar refractivity (Wildman–Crippen MR) is 75.8 cm³/mol. The fourth-order valence-electron chi connectivity index (χ4n) is 1.50. The first-order valence-corrected chi connectivity index (χ1v) is 8.41. The highest BCUT2D eigenvalue weighted by atomic mass is 32.2. The molecule has 0 aromatic carbocycles. The van der Waals surface area contributed by atoms with Gasteiger partial charge in [0.1, 0.15) is 9.84 Å². The van der Waals surface area contributed by atoms with Gasteiger partial charge < -0.3 is 10.6 Å². The van der Waals surface area contributed by atoms with E-state index >= 15 is 0 Å². The second kappa shape index (κ2) is 7.37. The van der Waals surface area contributed by atoms with Gasteiger partial charge in [0.05, 0.1) is 5.75 Å². The molecule has 0 amide bonds. The first-order chi connectivity index (χ1) is 9.33. The lowest BCUT2D eigenvalue weighted by molar-refractivity contribution is 0.577. The Labute approximate surface area is 117 Å². The van der Waals surface area contributed by atoms with E-state index in [9.17, 15) is 17.2 Å². The quantitative estimate of drug-likeness (QED) is 0.719. The molecule has 0 radical (unpaired) electrons. The van der Waals surface area contributed by atoms with E-state index < -0.39 is 21.5 Å². The predicted octanol–water partition coefficient (Wildman–Crippen LogP) is 2.03. The smallest absolute Gasteiger partial charge is 0.168 e. The number of sulfone groups is 1. The fourth-order valence-corrected chi connectivity index (χ4v) is 2.17. The Morgan fingerprint density at radius 1 is 1.15 bits per heavy atom. The lowest BCUT2D eigenvalue weighted by Gasteiger charge is -2.10. The average molecular weight is 307 g/mol. The minimum absolute atomic E-state index is 0.00373. The lowest BCUT2D eigenvalue weighted by Crippen LogP contribution is -2.13. The monoisotopic (exact) mass is 307 g/mol. The SMILES string of the molecule is CCCNc1nc(NCCCS(C)(=O)=O)c(F)cc1F. The van der Waals surface area contributed by atoms with E-state index in [-0.39, 0.29) is 23.9 Å². The van der Waals surface area contributed by atoms with Crippen molar-refractivity contribution in [3.05, 3.63) is 17.7 Å². The third-order valence-electron chi connectivity index (χ3n) is 2.46. The minimum Gasteiger partial charge on any atom is -0.368 e. The molecule has 0 aliphatic carbocycles. The van der Waals surface area contributed by atoms with Gasteiger partial charge in [0.15, 0.2) is 23.3 Å². The molecule has 0 unspecified atom stereocenters. The van der Waals surface area contributed by atoms with Crippen molar-refractivity contribution in [1.29, 1.82) is 0 Å². The summed E-state index contributed by atoms with van der Waals surface area (Å²) >= 11 is 0. The third kappa shape index (κ3) is 5.68. The molecule has 114 valence electrons. The molecule has 1 rings (SSSR count). The van der Waals surface area contributed by atoms with Crippen LogP contribution in [0.3, 0.4) is 0 Å². The van der Waals surface area contributed by atoms with Gasteiger partial charge in [-0.05, 0) is 12.8 Å². The van der Waals surface area contributed by atoms with Crippen molar-refractivity contribution < 1.29 is 17.2 Å². The lowest BCUT2D eigenvalue weighted by atomic mass is 10.3. The van der Waals surface area contributed by atoms with E-state index in [0.717, 1.165) is 18.7 Å². The van der Waals surface area contributed by atoms with Gasteiger partial charge in [0.2, 0.25) is 0 Å². The molecule has 1 heterocycles. The summed E-state index contributed by atoms with van der Waals surface area (Å²) in [4.78, 5) is 3.82. The van der Waals surface area contributed by atoms with Crippen LogP contribution in [0.5, 0.6) is 0 Å². The molecule has 0 spiro atoms. The molecular weight excluding hydrogens is 288 g/mol. The second-order valence-electron chi connectivity index (χ2n) is 4.49. The van der Waals surface area contributed by atoms with Crippen molar-refractivity contribution in [2.45, 2.75) is 19.8 Å². The molecule has 0 aliphatic rings. The zero-order valence-electron chi connectivity index (χ0n) is 11.5. The van der Waals surface area contributed by atoms with Crippen molar-refractivity contribution in [3.8, 4) is 0 Å². The first-order valence-electron chi connectivity index (χ1n) is 6.35. The van der Waals surface area contributed by atoms with E-state index in [1.54, 1.807) is 0 Å². The number of nitrogens with zero attached hydrogens (tertiary/aromatic N) is 1. The Bertz CT molecular complexity index is 550. The zero-order valence-corrected chi connectivity index (χ0v) is 12.4. The van der Waals surface area contributed by atoms with Crippen molar-refractivity contribution in [2.75, 3.05) is 35.7 Å². The van der Waals surface area contributed by atoms with Crippen LogP contribution in [0, 0.1) is 11.6 Å². The minimum atomic E-state index is -3.04. The van der Waals surface area contributed by atoms with Crippen LogP contribution in [-0.2, 0) is 9.84 Å². The number of nitrogens with one attached hydrogen (secondary N) is 2. The third-order valence-corrected chi connectivity index (χ3v) is 3.49. The highest BCUT2D eigenvalue weighted by Gasteiger charge is 2.11. The number of hydrogen-bond acceptors (Lipinski definition) is 5. The number of pyridine rings is 1. The molecule has 0 aliphatic heterocycles. The molecule has 0 bridgehead atoms. The van der Waals surface area contributed by atoms with Gasteiger partial charge in [-0.15, -0.1) is 0 Å². The summed E-state index contributed by atoms with van der Waals surface area (Å²) in [6.45, 7) is 2.69. The summed E-state index contributed by atoms with van der Waals surface area (Å²) in [6, 6.07) is 0.754. The Balaban J connectivity index is 2.64. The number of aromatic nitrogens is 1. The Morgan fingerprint density at radius 3 is 2.20 bits per heavy atom. The first kappa shape index (κ1) is 16.6. The van der Waals surface area contributed by atoms with Gasteiger partial charge in [0.25, 0.3) is 0 Å². The largest absolute Gasteiger partial charge is 0.368 e. The Morgan fingerprint density at radius 2 is 1.70 bits per heavy atom. The van der Waals surface area contributed by atoms with Crippen LogP contribution in [0.2, 0.25) is 0 Å². The van der Waals surface area contributed by atoms with E-state index in [4.69, 9.17) is 0 Å². The maximum absolute atomic E-state index is 13.5. The molecule has 0 atom stereocenters. The van der Waals surface area contributed by atoms with Crippen molar-refractivity contribution in [3.63, 3.8) is 0 Å². The zero-order chi connectivity index (χ0) is 15.2. The molecule has 2 N–H and O–H groups in total. The van der Waals surface area contributed by atoms with Crippen LogP contribution in [0.4, 0.5) is 20.4 Å². The van der Waals surface area contributed by atoms with Crippen LogP contribution in [0.1, 0.15) is 19.8 Å². The number of anilines is 2. The average Bonchev–Trinajstić information content (AvgIpc) is 2.34. The molecule has 5 nitrogen and oxygen atoms in total. The summed E-state index contributed by atoms with van der Waals surface area (Å²) in [5.74, 6) is -1.65. The van der Waals surface area contributed by atoms with Gasteiger partial charge in [-0.1, -0.05) is 6.92 Å². The maximum Gasteiger partial charge on any atom is 0.168 e. The summed E-state index contributed by atoms with van der Waals surface area (Å²) < 4.78 is 48.8. The van der Waals surface area contributed by atoms with Crippen molar-refractivity contribution in [1.82, 2.24) is 4.98 Å². The van der Waals surface area contributed by atoms with Crippen LogP contribution >= 0.6 is 0 Å². The molecule has 0 fully saturated rings. The van der Waals surface area contributed by atoms with Crippen LogP contribution in [-0.4, -0.2) is 38.5 Å². The van der Waals surface area contributed by atoms with Crippen molar-refractivity contribution in [2.24, 2.45) is 0 Å². The summed E-state index contributed by atoms with van der Waals surface area (Å²) in [5, 5.41) is 5.43. The Kier molecular flexibility index (Phi) is 6.12. The Hall–Kier alpha value is -1.44. The van der Waals surface area contributed by atoms with Gasteiger partial charge >= 0.3 is 0 Å². The maximum atomic E-state index is 13.5. The highest BCUT2D eigenvalue weighted by Crippen LogP contribution is 2.18.